The quantitative estimate of drug-likeness (QED) is 0.793. The van der Waals surface area contributed by atoms with Gasteiger partial charge in [0.15, 0.2) is 0 Å². The van der Waals surface area contributed by atoms with Crippen LogP contribution in [0.5, 0.6) is 5.75 Å². The topological polar surface area (TPSA) is 58.6 Å². The molecule has 1 rings (SSSR count). The zero-order valence-electron chi connectivity index (χ0n) is 10.6. The molecule has 0 bridgehead atoms. The molecule has 1 atom stereocenters. The summed E-state index contributed by atoms with van der Waals surface area (Å²) < 4.78 is 5.37. The van der Waals surface area contributed by atoms with Crippen molar-refractivity contribution in [3.8, 4) is 5.75 Å². The number of aliphatic hydroxyl groups excluding tert-OH is 1. The Morgan fingerprint density at radius 3 is 2.78 bits per heavy atom. The monoisotopic (exact) mass is 315 g/mol. The first-order valence-electron chi connectivity index (χ1n) is 5.93. The molecule has 0 aliphatic rings. The van der Waals surface area contributed by atoms with Crippen molar-refractivity contribution in [3.63, 3.8) is 0 Å². The highest BCUT2D eigenvalue weighted by Gasteiger charge is 2.13. The molecule has 1 aromatic carbocycles. The normalized spacial score (nSPS) is 12.0. The van der Waals surface area contributed by atoms with E-state index in [1.165, 1.54) is 0 Å². The average Bonchev–Trinajstić information content (AvgIpc) is 2.39. The summed E-state index contributed by atoms with van der Waals surface area (Å²) in [4.78, 5) is 11.5. The Hall–Kier alpha value is -1.07. The second-order valence-corrected chi connectivity index (χ2v) is 4.88. The summed E-state index contributed by atoms with van der Waals surface area (Å²) in [7, 11) is 0. The highest BCUT2D eigenvalue weighted by molar-refractivity contribution is 9.10. The Balaban J connectivity index is 2.82. The van der Waals surface area contributed by atoms with Gasteiger partial charge in [0.1, 0.15) is 5.75 Å². The van der Waals surface area contributed by atoms with Gasteiger partial charge in [0.05, 0.1) is 18.0 Å². The number of hydrogen-bond donors (Lipinski definition) is 2. The number of aliphatic hydroxyl groups is 1. The molecule has 5 heteroatoms. The van der Waals surface area contributed by atoms with Crippen LogP contribution in [0.15, 0.2) is 18.2 Å². The van der Waals surface area contributed by atoms with Gasteiger partial charge < -0.3 is 15.2 Å². The number of amides is 1. The lowest BCUT2D eigenvalue weighted by Crippen LogP contribution is -2.22. The van der Waals surface area contributed by atoms with Crippen molar-refractivity contribution in [1.82, 2.24) is 0 Å². The average molecular weight is 316 g/mol. The molecule has 0 spiro atoms. The summed E-state index contributed by atoms with van der Waals surface area (Å²) >= 11 is 3.29. The first kappa shape index (κ1) is 15.0. The fourth-order valence-corrected chi connectivity index (χ4v) is 1.60. The maximum Gasteiger partial charge on any atom is 0.238 e. The van der Waals surface area contributed by atoms with Crippen molar-refractivity contribution in [2.24, 2.45) is 0 Å². The van der Waals surface area contributed by atoms with E-state index < -0.39 is 0 Å². The number of alkyl halides is 1. The summed E-state index contributed by atoms with van der Waals surface area (Å²) in [6.45, 7) is 4.23. The molecule has 100 valence electrons. The number of halogens is 1. The number of rotatable bonds is 6. The number of carbonyl (C=O) groups excluding carboxylic acids is 1. The van der Waals surface area contributed by atoms with E-state index in [4.69, 9.17) is 4.74 Å². The number of benzene rings is 1. The maximum absolute atomic E-state index is 11.7. The molecule has 1 aromatic rings. The Kier molecular flexibility index (Phi) is 6.15. The van der Waals surface area contributed by atoms with Crippen molar-refractivity contribution in [3.05, 3.63) is 23.8 Å². The molecule has 0 aromatic heterocycles. The summed E-state index contributed by atoms with van der Waals surface area (Å²) in [6, 6.07) is 5.23. The van der Waals surface area contributed by atoms with Crippen LogP contribution in [0.3, 0.4) is 0 Å². The molecule has 1 amide bonds. The van der Waals surface area contributed by atoms with Crippen LogP contribution in [0, 0.1) is 0 Å². The minimum Gasteiger partial charge on any atom is -0.494 e. The van der Waals surface area contributed by atoms with Gasteiger partial charge >= 0.3 is 0 Å². The smallest absolute Gasteiger partial charge is 0.238 e. The second-order valence-electron chi connectivity index (χ2n) is 3.78. The molecule has 0 saturated carbocycles. The zero-order valence-corrected chi connectivity index (χ0v) is 12.2. The van der Waals surface area contributed by atoms with Gasteiger partial charge in [-0.3, -0.25) is 4.79 Å². The van der Waals surface area contributed by atoms with E-state index in [1.807, 2.05) is 13.8 Å². The Labute approximate surface area is 115 Å². The fraction of sp³-hybridized carbons (Fsp3) is 0.462. The first-order chi connectivity index (χ1) is 8.62. The summed E-state index contributed by atoms with van der Waals surface area (Å²) in [5.41, 5.74) is 1.32. The van der Waals surface area contributed by atoms with Crippen LogP contribution >= 0.6 is 15.9 Å². The van der Waals surface area contributed by atoms with E-state index >= 15 is 0 Å². The third kappa shape index (κ3) is 3.99. The number of ether oxygens (including phenoxy) is 1. The molecule has 0 saturated heterocycles. The van der Waals surface area contributed by atoms with E-state index in [1.54, 1.807) is 18.2 Å². The Morgan fingerprint density at radius 1 is 1.50 bits per heavy atom. The Bertz CT molecular complexity index is 409. The molecule has 1 unspecified atom stereocenters. The standard InChI is InChI=1S/C13H18BrNO3/c1-3-11(14)13(17)15-10-5-6-12(18-4-2)9(7-10)8-16/h5-7,11,16H,3-4,8H2,1-2H3,(H,15,17). The number of hydrogen-bond acceptors (Lipinski definition) is 3. The van der Waals surface area contributed by atoms with Gasteiger partial charge in [-0.25, -0.2) is 0 Å². The van der Waals surface area contributed by atoms with E-state index in [0.717, 1.165) is 6.42 Å². The third-order valence-corrected chi connectivity index (χ3v) is 3.50. The van der Waals surface area contributed by atoms with E-state index in [-0.39, 0.29) is 17.3 Å². The van der Waals surface area contributed by atoms with Crippen LogP contribution in [0.25, 0.3) is 0 Å². The summed E-state index contributed by atoms with van der Waals surface area (Å²) in [5, 5.41) is 12.0. The molecule has 0 fully saturated rings. The lowest BCUT2D eigenvalue weighted by Gasteiger charge is -2.12. The van der Waals surface area contributed by atoms with Gasteiger partial charge in [0.2, 0.25) is 5.91 Å². The minimum absolute atomic E-state index is 0.0921. The van der Waals surface area contributed by atoms with Crippen LogP contribution in [-0.4, -0.2) is 22.4 Å². The summed E-state index contributed by atoms with van der Waals surface area (Å²) in [5.74, 6) is 0.550. The van der Waals surface area contributed by atoms with E-state index in [9.17, 15) is 9.90 Å². The van der Waals surface area contributed by atoms with Crippen LogP contribution in [0.2, 0.25) is 0 Å². The van der Waals surface area contributed by atoms with Crippen LogP contribution < -0.4 is 10.1 Å². The van der Waals surface area contributed by atoms with Crippen molar-refractivity contribution < 1.29 is 14.6 Å². The highest BCUT2D eigenvalue weighted by atomic mass is 79.9. The van der Waals surface area contributed by atoms with Crippen LogP contribution in [0.4, 0.5) is 5.69 Å². The highest BCUT2D eigenvalue weighted by Crippen LogP contribution is 2.23. The third-order valence-electron chi connectivity index (χ3n) is 2.44. The molecular weight excluding hydrogens is 298 g/mol. The molecule has 0 aliphatic heterocycles. The fourth-order valence-electron chi connectivity index (χ4n) is 1.48. The molecule has 18 heavy (non-hydrogen) atoms. The lowest BCUT2D eigenvalue weighted by molar-refractivity contribution is -0.115. The molecule has 4 nitrogen and oxygen atoms in total. The number of nitrogens with one attached hydrogen (secondary N) is 1. The predicted molar refractivity (Wildman–Crippen MR) is 75.2 cm³/mol. The van der Waals surface area contributed by atoms with Gasteiger partial charge in [-0.1, -0.05) is 22.9 Å². The second kappa shape index (κ2) is 7.38. The van der Waals surface area contributed by atoms with Crippen molar-refractivity contribution in [2.75, 3.05) is 11.9 Å². The lowest BCUT2D eigenvalue weighted by atomic mass is 10.2. The molecule has 0 aliphatic carbocycles. The van der Waals surface area contributed by atoms with Gasteiger partial charge in [-0.2, -0.15) is 0 Å². The van der Waals surface area contributed by atoms with Gasteiger partial charge in [-0.15, -0.1) is 0 Å². The first-order valence-corrected chi connectivity index (χ1v) is 6.85. The molecule has 0 heterocycles. The maximum atomic E-state index is 11.7. The molecule has 2 N–H and O–H groups in total. The van der Waals surface area contributed by atoms with Crippen molar-refractivity contribution in [1.29, 1.82) is 0 Å². The summed E-state index contributed by atoms with van der Waals surface area (Å²) in [6.07, 6.45) is 0.718. The SMILES string of the molecule is CCOc1ccc(NC(=O)C(Br)CC)cc1CO. The molecule has 0 radical (unpaired) electrons. The van der Waals surface area contributed by atoms with Crippen molar-refractivity contribution >= 4 is 27.5 Å². The Morgan fingerprint density at radius 2 is 2.22 bits per heavy atom. The minimum atomic E-state index is -0.207. The van der Waals surface area contributed by atoms with Crippen molar-refractivity contribution in [2.45, 2.75) is 31.7 Å². The number of anilines is 1. The predicted octanol–water partition coefficient (Wildman–Crippen LogP) is 2.69. The molecular formula is C13H18BrNO3. The van der Waals surface area contributed by atoms with Gasteiger partial charge in [0.25, 0.3) is 0 Å². The van der Waals surface area contributed by atoms with Gasteiger partial charge in [0, 0.05) is 11.3 Å². The zero-order chi connectivity index (χ0) is 13.5. The largest absolute Gasteiger partial charge is 0.494 e. The van der Waals surface area contributed by atoms with E-state index in [0.29, 0.717) is 23.6 Å². The van der Waals surface area contributed by atoms with Crippen LogP contribution in [-0.2, 0) is 11.4 Å². The van der Waals surface area contributed by atoms with Gasteiger partial charge in [-0.05, 0) is 31.5 Å². The number of carbonyl (C=O) groups is 1. The van der Waals surface area contributed by atoms with Crippen LogP contribution in [0.1, 0.15) is 25.8 Å². The van der Waals surface area contributed by atoms with E-state index in [2.05, 4.69) is 21.2 Å².